The van der Waals surface area contributed by atoms with Gasteiger partial charge in [-0.15, -0.1) is 0 Å². The van der Waals surface area contributed by atoms with Crippen molar-refractivity contribution in [3.63, 3.8) is 0 Å². The van der Waals surface area contributed by atoms with Crippen molar-refractivity contribution < 1.29 is 36.6 Å². The molecule has 0 saturated heterocycles. The number of hydrogen-bond acceptors (Lipinski definition) is 7. The number of carbonyl (C=O) groups excluding carboxylic acids is 2. The number of pyridine rings is 2. The van der Waals surface area contributed by atoms with E-state index in [0.717, 1.165) is 24.5 Å². The van der Waals surface area contributed by atoms with E-state index in [0.29, 0.717) is 11.3 Å². The predicted octanol–water partition coefficient (Wildman–Crippen LogP) is 3.90. The zero-order chi connectivity index (χ0) is 28.6. The monoisotopic (exact) mass is 552 g/mol. The predicted molar refractivity (Wildman–Crippen MR) is 132 cm³/mol. The van der Waals surface area contributed by atoms with E-state index in [9.17, 15) is 27.2 Å². The van der Waals surface area contributed by atoms with E-state index >= 15 is 0 Å². The smallest absolute Gasteiger partial charge is 0.433 e. The molecule has 3 heterocycles. The highest BCUT2D eigenvalue weighted by molar-refractivity contribution is 5.90. The Hall–Kier alpha value is -4.23. The molecule has 3 aromatic rings. The molecule has 0 bridgehead atoms. The summed E-state index contributed by atoms with van der Waals surface area (Å²) < 4.78 is 64.0. The van der Waals surface area contributed by atoms with Gasteiger partial charge in [-0.1, -0.05) is 13.8 Å². The summed E-state index contributed by atoms with van der Waals surface area (Å²) in [6, 6.07) is 1.97. The van der Waals surface area contributed by atoms with Gasteiger partial charge in [-0.25, -0.2) is 9.37 Å². The van der Waals surface area contributed by atoms with Crippen LogP contribution in [0.5, 0.6) is 11.5 Å². The average molecular weight is 553 g/mol. The van der Waals surface area contributed by atoms with Crippen molar-refractivity contribution in [2.75, 3.05) is 32.1 Å². The summed E-state index contributed by atoms with van der Waals surface area (Å²) in [6.45, 7) is 3.81. The summed E-state index contributed by atoms with van der Waals surface area (Å²) in [5, 5.41) is 6.69. The molecule has 14 heteroatoms. The molecule has 3 rings (SSSR count). The summed E-state index contributed by atoms with van der Waals surface area (Å²) in [5.41, 5.74) is -0.0492. The van der Waals surface area contributed by atoms with E-state index in [4.69, 9.17) is 9.47 Å². The summed E-state index contributed by atoms with van der Waals surface area (Å²) >= 11 is 0. The maximum Gasteiger partial charge on any atom is 0.433 e. The van der Waals surface area contributed by atoms with Gasteiger partial charge in [0.25, 0.3) is 0 Å². The SMILES string of the molecule is CC(C)c1cncc(F)c1OCCC(=O)Nc1cnn(CC(=O)N(C)CCOc2ccc(C(F)(F)F)nc2)c1. The molecule has 10 nitrogen and oxygen atoms in total. The second-order valence-electron chi connectivity index (χ2n) is 8.81. The third kappa shape index (κ3) is 8.65. The van der Waals surface area contributed by atoms with Crippen molar-refractivity contribution in [3.05, 3.63) is 60.2 Å². The molecule has 0 spiro atoms. The van der Waals surface area contributed by atoms with Gasteiger partial charge in [0.15, 0.2) is 11.6 Å². The van der Waals surface area contributed by atoms with Gasteiger partial charge in [0.05, 0.1) is 43.9 Å². The van der Waals surface area contributed by atoms with Gasteiger partial charge in [0.1, 0.15) is 24.6 Å². The fourth-order valence-corrected chi connectivity index (χ4v) is 3.30. The number of hydrogen-bond donors (Lipinski definition) is 1. The Balaban J connectivity index is 1.40. The van der Waals surface area contributed by atoms with Crippen LogP contribution in [0.25, 0.3) is 0 Å². The van der Waals surface area contributed by atoms with Gasteiger partial charge in [0.2, 0.25) is 11.8 Å². The first-order valence-corrected chi connectivity index (χ1v) is 11.9. The molecule has 0 aliphatic rings. The lowest BCUT2D eigenvalue weighted by atomic mass is 10.0. The van der Waals surface area contributed by atoms with Crippen molar-refractivity contribution in [2.24, 2.45) is 0 Å². The van der Waals surface area contributed by atoms with Crippen LogP contribution in [0.3, 0.4) is 0 Å². The maximum atomic E-state index is 14.1. The van der Waals surface area contributed by atoms with Gasteiger partial charge >= 0.3 is 6.18 Å². The van der Waals surface area contributed by atoms with E-state index in [-0.39, 0.29) is 62.0 Å². The molecule has 0 saturated carbocycles. The number of halogens is 4. The number of aromatic nitrogens is 4. The Morgan fingerprint density at radius 2 is 1.87 bits per heavy atom. The molecule has 0 aliphatic heterocycles. The quantitative estimate of drug-likeness (QED) is 0.339. The Bertz CT molecular complexity index is 1260. The van der Waals surface area contributed by atoms with Gasteiger partial charge in [0, 0.05) is 25.0 Å². The van der Waals surface area contributed by atoms with E-state index < -0.39 is 17.7 Å². The Morgan fingerprint density at radius 1 is 1.10 bits per heavy atom. The number of anilines is 1. The minimum Gasteiger partial charge on any atom is -0.490 e. The van der Waals surface area contributed by atoms with Crippen LogP contribution in [0.2, 0.25) is 0 Å². The van der Waals surface area contributed by atoms with Crippen LogP contribution in [-0.2, 0) is 22.3 Å². The molecule has 210 valence electrons. The Labute approximate surface area is 221 Å². The molecular formula is C25H28F4N6O4. The van der Waals surface area contributed by atoms with E-state index in [1.165, 1.54) is 28.2 Å². The summed E-state index contributed by atoms with van der Waals surface area (Å²) in [7, 11) is 1.54. The van der Waals surface area contributed by atoms with Crippen LogP contribution in [0.4, 0.5) is 23.2 Å². The molecule has 0 unspecified atom stereocenters. The van der Waals surface area contributed by atoms with Crippen LogP contribution in [0.1, 0.15) is 37.4 Å². The largest absolute Gasteiger partial charge is 0.490 e. The van der Waals surface area contributed by atoms with Crippen molar-refractivity contribution in [1.82, 2.24) is 24.6 Å². The van der Waals surface area contributed by atoms with Crippen molar-refractivity contribution in [3.8, 4) is 11.5 Å². The van der Waals surface area contributed by atoms with Crippen molar-refractivity contribution in [2.45, 2.75) is 38.9 Å². The lowest BCUT2D eigenvalue weighted by molar-refractivity contribution is -0.141. The molecule has 0 atom stereocenters. The zero-order valence-corrected chi connectivity index (χ0v) is 21.5. The molecule has 2 amide bonds. The number of ether oxygens (including phenoxy) is 2. The highest BCUT2D eigenvalue weighted by Gasteiger charge is 2.32. The second kappa shape index (κ2) is 13.0. The number of likely N-dealkylation sites (N-methyl/N-ethyl adjacent to an activating group) is 1. The van der Waals surface area contributed by atoms with Crippen molar-refractivity contribution in [1.29, 1.82) is 0 Å². The number of amides is 2. The lowest BCUT2D eigenvalue weighted by Crippen LogP contribution is -2.33. The van der Waals surface area contributed by atoms with Crippen LogP contribution in [0.15, 0.2) is 43.1 Å². The first-order chi connectivity index (χ1) is 18.4. The van der Waals surface area contributed by atoms with E-state index in [1.54, 1.807) is 7.05 Å². The summed E-state index contributed by atoms with van der Waals surface area (Å²) in [5.74, 6) is -1.07. The second-order valence-corrected chi connectivity index (χ2v) is 8.81. The highest BCUT2D eigenvalue weighted by Crippen LogP contribution is 2.29. The third-order valence-electron chi connectivity index (χ3n) is 5.44. The minimum absolute atomic E-state index is 0.00604. The van der Waals surface area contributed by atoms with Crippen LogP contribution >= 0.6 is 0 Å². The van der Waals surface area contributed by atoms with Gasteiger partial charge in [-0.2, -0.15) is 18.3 Å². The average Bonchev–Trinajstić information content (AvgIpc) is 3.30. The highest BCUT2D eigenvalue weighted by atomic mass is 19.4. The molecule has 39 heavy (non-hydrogen) atoms. The molecular weight excluding hydrogens is 524 g/mol. The number of alkyl halides is 3. The maximum absolute atomic E-state index is 14.1. The molecule has 0 radical (unpaired) electrons. The molecule has 1 N–H and O–H groups in total. The molecule has 0 fully saturated rings. The van der Waals surface area contributed by atoms with E-state index in [2.05, 4.69) is 20.4 Å². The van der Waals surface area contributed by atoms with Crippen LogP contribution in [0, 0.1) is 5.82 Å². The van der Waals surface area contributed by atoms with Gasteiger partial charge < -0.3 is 19.7 Å². The lowest BCUT2D eigenvalue weighted by Gasteiger charge is -2.17. The number of rotatable bonds is 12. The molecule has 0 aromatic carbocycles. The topological polar surface area (TPSA) is 111 Å². The first kappa shape index (κ1) is 29.3. The third-order valence-corrected chi connectivity index (χ3v) is 5.44. The van der Waals surface area contributed by atoms with Crippen LogP contribution in [-0.4, -0.2) is 63.3 Å². The Morgan fingerprint density at radius 3 is 2.54 bits per heavy atom. The normalized spacial score (nSPS) is 11.4. The molecule has 0 aliphatic carbocycles. The summed E-state index contributed by atoms with van der Waals surface area (Å²) in [6.07, 6.45) is 1.84. The number of nitrogens with zero attached hydrogens (tertiary/aromatic N) is 5. The number of carbonyl (C=O) groups is 2. The molecule has 3 aromatic heterocycles. The standard InChI is InChI=1S/C25H28F4N6O4/c1-16(2)19-12-30-13-20(26)24(19)39-8-6-22(36)33-17-10-32-35(14-17)15-23(37)34(3)7-9-38-18-4-5-21(31-11-18)25(27,28)29/h4-5,10-14,16H,6-9,15H2,1-3H3,(H,33,36). The van der Waals surface area contributed by atoms with Crippen LogP contribution < -0.4 is 14.8 Å². The van der Waals surface area contributed by atoms with E-state index in [1.807, 2.05) is 13.8 Å². The Kier molecular flexibility index (Phi) is 9.79. The number of nitrogens with one attached hydrogen (secondary N) is 1. The zero-order valence-electron chi connectivity index (χ0n) is 21.5. The fourth-order valence-electron chi connectivity index (χ4n) is 3.30. The summed E-state index contributed by atoms with van der Waals surface area (Å²) in [4.78, 5) is 33.2. The van der Waals surface area contributed by atoms with Gasteiger partial charge in [-0.3, -0.25) is 19.3 Å². The minimum atomic E-state index is -4.53. The fraction of sp³-hybridized carbons (Fsp3) is 0.400. The first-order valence-electron chi connectivity index (χ1n) is 11.9. The van der Waals surface area contributed by atoms with Gasteiger partial charge in [-0.05, 0) is 18.1 Å². The van der Waals surface area contributed by atoms with Crippen molar-refractivity contribution >= 4 is 17.5 Å².